The molecule has 1 aromatic rings. The Bertz CT molecular complexity index is 555. The predicted octanol–water partition coefficient (Wildman–Crippen LogP) is 1.09. The van der Waals surface area contributed by atoms with Crippen LogP contribution in [-0.4, -0.2) is 41.0 Å². The van der Waals surface area contributed by atoms with Gasteiger partial charge in [0, 0.05) is 19.8 Å². The molecule has 106 valence electrons. The fraction of sp³-hybridized carbons (Fsp3) is 0.357. The molecule has 0 bridgehead atoms. The summed E-state index contributed by atoms with van der Waals surface area (Å²) in [6, 6.07) is 3.46. The number of hydrogen-bond acceptors (Lipinski definition) is 4. The van der Waals surface area contributed by atoms with Crippen LogP contribution in [-0.2, 0) is 16.6 Å². The summed E-state index contributed by atoms with van der Waals surface area (Å²) in [4.78, 5) is 25.2. The Kier molecular flexibility index (Phi) is 5.54. The lowest BCUT2D eigenvalue weighted by atomic mass is 10.3. The molecule has 0 spiro atoms. The van der Waals surface area contributed by atoms with Crippen LogP contribution in [0.3, 0.4) is 0 Å². The second kappa shape index (κ2) is 7.14. The first-order chi connectivity index (χ1) is 9.53. The fourth-order valence-corrected chi connectivity index (χ4v) is 1.74. The first-order valence-electron chi connectivity index (χ1n) is 6.15. The van der Waals surface area contributed by atoms with E-state index in [1.807, 2.05) is 6.07 Å². The quantitative estimate of drug-likeness (QED) is 0.575. The van der Waals surface area contributed by atoms with Gasteiger partial charge in [-0.2, -0.15) is 5.26 Å². The molecule has 0 radical (unpaired) electrons. The van der Waals surface area contributed by atoms with E-state index in [4.69, 9.17) is 10.00 Å². The van der Waals surface area contributed by atoms with Crippen molar-refractivity contribution < 1.29 is 14.3 Å². The number of carbonyl (C=O) groups is 2. The number of aryl methyl sites for hydroxylation is 1. The minimum Gasteiger partial charge on any atom is -0.465 e. The summed E-state index contributed by atoms with van der Waals surface area (Å²) < 4.78 is 6.39. The van der Waals surface area contributed by atoms with E-state index in [2.05, 4.69) is 6.58 Å². The van der Waals surface area contributed by atoms with Crippen LogP contribution in [0.2, 0.25) is 0 Å². The first kappa shape index (κ1) is 15.5. The fourth-order valence-electron chi connectivity index (χ4n) is 1.74. The van der Waals surface area contributed by atoms with Gasteiger partial charge in [0.1, 0.15) is 18.3 Å². The number of rotatable bonds is 6. The van der Waals surface area contributed by atoms with Gasteiger partial charge >= 0.3 is 5.97 Å². The normalized spacial score (nSPS) is 9.65. The molecule has 1 aromatic heterocycles. The van der Waals surface area contributed by atoms with Gasteiger partial charge in [-0.1, -0.05) is 6.08 Å². The molecule has 6 heteroatoms. The summed E-state index contributed by atoms with van der Waals surface area (Å²) in [5.74, 6) is -0.820. The number of nitrogens with zero attached hydrogens (tertiary/aromatic N) is 3. The Morgan fingerprint density at radius 1 is 1.60 bits per heavy atom. The zero-order valence-corrected chi connectivity index (χ0v) is 11.6. The highest BCUT2D eigenvalue weighted by atomic mass is 16.5. The van der Waals surface area contributed by atoms with Crippen LogP contribution in [0.1, 0.15) is 23.0 Å². The third-order valence-corrected chi connectivity index (χ3v) is 2.62. The molecule has 1 heterocycles. The molecule has 0 aliphatic carbocycles. The molecule has 0 fully saturated rings. The minimum atomic E-state index is -0.475. The third-order valence-electron chi connectivity index (χ3n) is 2.62. The zero-order valence-electron chi connectivity index (χ0n) is 11.6. The van der Waals surface area contributed by atoms with Gasteiger partial charge < -0.3 is 14.2 Å². The largest absolute Gasteiger partial charge is 0.465 e. The molecule has 1 amide bonds. The topological polar surface area (TPSA) is 75.3 Å². The van der Waals surface area contributed by atoms with Gasteiger partial charge in [-0.05, 0) is 13.0 Å². The lowest BCUT2D eigenvalue weighted by molar-refractivity contribution is -0.143. The van der Waals surface area contributed by atoms with Crippen LogP contribution in [0, 0.1) is 11.3 Å². The molecule has 0 saturated heterocycles. The van der Waals surface area contributed by atoms with Crippen LogP contribution >= 0.6 is 0 Å². The molecule has 0 atom stereocenters. The maximum atomic E-state index is 12.4. The van der Waals surface area contributed by atoms with E-state index in [0.717, 1.165) is 0 Å². The Labute approximate surface area is 117 Å². The van der Waals surface area contributed by atoms with E-state index in [1.54, 1.807) is 24.7 Å². The number of nitriles is 1. The monoisotopic (exact) mass is 275 g/mol. The van der Waals surface area contributed by atoms with Crippen molar-refractivity contribution in [2.24, 2.45) is 7.05 Å². The Balaban J connectivity index is 2.93. The van der Waals surface area contributed by atoms with E-state index >= 15 is 0 Å². The number of ether oxygens (including phenoxy) is 1. The number of carbonyl (C=O) groups excluding carboxylic acids is 2. The molecule has 0 aliphatic heterocycles. The van der Waals surface area contributed by atoms with Gasteiger partial charge in [0.25, 0.3) is 5.91 Å². The molecule has 20 heavy (non-hydrogen) atoms. The van der Waals surface area contributed by atoms with Gasteiger partial charge in [-0.25, -0.2) is 0 Å². The Morgan fingerprint density at radius 3 is 2.80 bits per heavy atom. The lowest BCUT2D eigenvalue weighted by Gasteiger charge is -2.20. The number of aromatic nitrogens is 1. The van der Waals surface area contributed by atoms with Crippen molar-refractivity contribution >= 4 is 11.9 Å². The van der Waals surface area contributed by atoms with Gasteiger partial charge in [-0.3, -0.25) is 9.59 Å². The average molecular weight is 275 g/mol. The standard InChI is InChI=1S/C14H17N3O3/c1-4-6-17(10-13(18)20-5-2)14(19)12-7-11(8-15)9-16(12)3/h4,7,9H,1,5-6,10H2,2-3H3. The average Bonchev–Trinajstić information content (AvgIpc) is 2.79. The second-order valence-electron chi connectivity index (χ2n) is 4.12. The summed E-state index contributed by atoms with van der Waals surface area (Å²) in [5.41, 5.74) is 0.734. The molecular formula is C14H17N3O3. The molecule has 1 rings (SSSR count). The molecule has 0 aromatic carbocycles. The summed E-state index contributed by atoms with van der Waals surface area (Å²) in [6.07, 6.45) is 3.09. The second-order valence-corrected chi connectivity index (χ2v) is 4.12. The van der Waals surface area contributed by atoms with Crippen molar-refractivity contribution in [2.75, 3.05) is 19.7 Å². The summed E-state index contributed by atoms with van der Waals surface area (Å²) in [6.45, 7) is 5.61. The number of esters is 1. The Morgan fingerprint density at radius 2 is 2.30 bits per heavy atom. The maximum absolute atomic E-state index is 12.4. The maximum Gasteiger partial charge on any atom is 0.325 e. The summed E-state index contributed by atoms with van der Waals surface area (Å²) in [7, 11) is 1.67. The highest BCUT2D eigenvalue weighted by molar-refractivity contribution is 5.95. The molecular weight excluding hydrogens is 258 g/mol. The number of amides is 1. The van der Waals surface area contributed by atoms with Crippen molar-refractivity contribution in [2.45, 2.75) is 6.92 Å². The smallest absolute Gasteiger partial charge is 0.325 e. The lowest BCUT2D eigenvalue weighted by Crippen LogP contribution is -2.37. The molecule has 6 nitrogen and oxygen atoms in total. The SMILES string of the molecule is C=CCN(CC(=O)OCC)C(=O)c1cc(C#N)cn1C. The molecule has 0 saturated carbocycles. The molecule has 0 aliphatic rings. The van der Waals surface area contributed by atoms with Crippen molar-refractivity contribution in [3.63, 3.8) is 0 Å². The van der Waals surface area contributed by atoms with Crippen LogP contribution in [0.4, 0.5) is 0 Å². The zero-order chi connectivity index (χ0) is 15.1. The van der Waals surface area contributed by atoms with Crippen molar-refractivity contribution in [1.82, 2.24) is 9.47 Å². The Hall–Kier alpha value is -2.55. The van der Waals surface area contributed by atoms with E-state index in [0.29, 0.717) is 11.3 Å². The van der Waals surface area contributed by atoms with Crippen LogP contribution in [0.5, 0.6) is 0 Å². The van der Waals surface area contributed by atoms with E-state index in [9.17, 15) is 9.59 Å². The van der Waals surface area contributed by atoms with Crippen LogP contribution in [0.15, 0.2) is 24.9 Å². The van der Waals surface area contributed by atoms with Crippen LogP contribution in [0.25, 0.3) is 0 Å². The van der Waals surface area contributed by atoms with E-state index < -0.39 is 5.97 Å². The van der Waals surface area contributed by atoms with Crippen molar-refractivity contribution in [3.05, 3.63) is 36.2 Å². The molecule has 0 N–H and O–H groups in total. The third kappa shape index (κ3) is 3.72. The highest BCUT2D eigenvalue weighted by Gasteiger charge is 2.21. The first-order valence-corrected chi connectivity index (χ1v) is 6.15. The van der Waals surface area contributed by atoms with Gasteiger partial charge in [0.2, 0.25) is 0 Å². The highest BCUT2D eigenvalue weighted by Crippen LogP contribution is 2.10. The summed E-state index contributed by atoms with van der Waals surface area (Å²) >= 11 is 0. The predicted molar refractivity (Wildman–Crippen MR) is 72.9 cm³/mol. The minimum absolute atomic E-state index is 0.147. The molecule has 0 unspecified atom stereocenters. The van der Waals surface area contributed by atoms with Gasteiger partial charge in [0.05, 0.1) is 12.2 Å². The van der Waals surface area contributed by atoms with E-state index in [-0.39, 0.29) is 25.6 Å². The van der Waals surface area contributed by atoms with Gasteiger partial charge in [0.15, 0.2) is 0 Å². The number of hydrogen-bond donors (Lipinski definition) is 0. The summed E-state index contributed by atoms with van der Waals surface area (Å²) in [5, 5.41) is 8.84. The van der Waals surface area contributed by atoms with Crippen LogP contribution < -0.4 is 0 Å². The van der Waals surface area contributed by atoms with E-state index in [1.165, 1.54) is 17.0 Å². The van der Waals surface area contributed by atoms with Crippen molar-refractivity contribution in [3.8, 4) is 6.07 Å². The van der Waals surface area contributed by atoms with Crippen molar-refractivity contribution in [1.29, 1.82) is 5.26 Å². The van der Waals surface area contributed by atoms with Gasteiger partial charge in [-0.15, -0.1) is 6.58 Å².